The van der Waals surface area contributed by atoms with E-state index in [0.717, 1.165) is 12.8 Å². The molecule has 0 N–H and O–H groups in total. The molecular formula is C10H11NO2. The Morgan fingerprint density at radius 2 is 2.46 bits per heavy atom. The van der Waals surface area contributed by atoms with Crippen LogP contribution in [0.15, 0.2) is 36.7 Å². The molecule has 0 saturated carbocycles. The maximum atomic E-state index is 5.47. The number of pyridine rings is 1. The molecule has 2 rings (SSSR count). The van der Waals surface area contributed by atoms with E-state index < -0.39 is 0 Å². The Labute approximate surface area is 77.0 Å². The second-order valence-corrected chi connectivity index (χ2v) is 2.80. The van der Waals surface area contributed by atoms with E-state index in [4.69, 9.17) is 9.47 Å². The maximum absolute atomic E-state index is 5.47. The van der Waals surface area contributed by atoms with E-state index in [2.05, 4.69) is 4.98 Å². The van der Waals surface area contributed by atoms with Crippen LogP contribution in [0.4, 0.5) is 0 Å². The number of allylic oxidation sites excluding steroid dienone is 1. The molecule has 3 heteroatoms. The van der Waals surface area contributed by atoms with Gasteiger partial charge in [-0.15, -0.1) is 0 Å². The number of aromatic nitrogens is 1. The topological polar surface area (TPSA) is 31.4 Å². The van der Waals surface area contributed by atoms with Crippen LogP contribution in [-0.4, -0.2) is 11.3 Å². The lowest BCUT2D eigenvalue weighted by Crippen LogP contribution is -2.20. The largest absolute Gasteiger partial charge is 0.463 e. The second kappa shape index (κ2) is 3.94. The molecule has 1 aliphatic heterocycles. The zero-order valence-electron chi connectivity index (χ0n) is 7.22. The highest BCUT2D eigenvalue weighted by Crippen LogP contribution is 2.14. The van der Waals surface area contributed by atoms with Crippen LogP contribution in [0.3, 0.4) is 0 Å². The van der Waals surface area contributed by atoms with Gasteiger partial charge in [0, 0.05) is 18.7 Å². The first-order chi connectivity index (χ1) is 6.45. The molecule has 0 saturated heterocycles. The van der Waals surface area contributed by atoms with Gasteiger partial charge >= 0.3 is 0 Å². The van der Waals surface area contributed by atoms with Gasteiger partial charge < -0.3 is 9.47 Å². The van der Waals surface area contributed by atoms with Crippen molar-refractivity contribution in [3.63, 3.8) is 0 Å². The molecule has 2 heterocycles. The molecule has 1 aromatic rings. The summed E-state index contributed by atoms with van der Waals surface area (Å²) in [4.78, 5) is 4.05. The monoisotopic (exact) mass is 177 g/mol. The van der Waals surface area contributed by atoms with Crippen molar-refractivity contribution < 1.29 is 9.47 Å². The van der Waals surface area contributed by atoms with Gasteiger partial charge in [0.15, 0.2) is 0 Å². The van der Waals surface area contributed by atoms with Gasteiger partial charge in [0.1, 0.15) is 0 Å². The minimum atomic E-state index is -0.181. The molecule has 3 nitrogen and oxygen atoms in total. The predicted molar refractivity (Wildman–Crippen MR) is 48.1 cm³/mol. The Bertz CT molecular complexity index is 284. The third-order valence-corrected chi connectivity index (χ3v) is 1.79. The summed E-state index contributed by atoms with van der Waals surface area (Å²) in [5, 5.41) is 0. The van der Waals surface area contributed by atoms with Crippen LogP contribution in [0.5, 0.6) is 5.88 Å². The molecule has 1 atom stereocenters. The number of hydrogen-bond donors (Lipinski definition) is 0. The van der Waals surface area contributed by atoms with E-state index in [9.17, 15) is 0 Å². The maximum Gasteiger partial charge on any atom is 0.242 e. The molecule has 1 aliphatic rings. The summed E-state index contributed by atoms with van der Waals surface area (Å²) in [5.41, 5.74) is 0. The van der Waals surface area contributed by atoms with Crippen molar-refractivity contribution in [3.8, 4) is 5.88 Å². The first-order valence-electron chi connectivity index (χ1n) is 4.33. The average Bonchev–Trinajstić information content (AvgIpc) is 2.21. The molecule has 0 fully saturated rings. The molecule has 0 amide bonds. The molecule has 0 aromatic carbocycles. The second-order valence-electron chi connectivity index (χ2n) is 2.80. The molecular weight excluding hydrogens is 166 g/mol. The van der Waals surface area contributed by atoms with Gasteiger partial charge in [0.25, 0.3) is 0 Å². The third kappa shape index (κ3) is 2.21. The summed E-state index contributed by atoms with van der Waals surface area (Å²) in [6.07, 6.45) is 7.06. The lowest BCUT2D eigenvalue weighted by atomic mass is 10.3. The zero-order chi connectivity index (χ0) is 8.93. The van der Waals surface area contributed by atoms with E-state index in [1.165, 1.54) is 0 Å². The molecule has 0 aliphatic carbocycles. The molecule has 0 bridgehead atoms. The van der Waals surface area contributed by atoms with Crippen LogP contribution >= 0.6 is 0 Å². The van der Waals surface area contributed by atoms with Crippen LogP contribution in [0.2, 0.25) is 0 Å². The lowest BCUT2D eigenvalue weighted by Gasteiger charge is -2.19. The standard InChI is InChI=1S/C10H11NO2/c1-3-7-11-9(5-1)13-10-6-2-4-8-12-10/h1,3-5,7-8,10H,2,6H2. The summed E-state index contributed by atoms with van der Waals surface area (Å²) < 4.78 is 10.7. The Balaban J connectivity index is 1.94. The summed E-state index contributed by atoms with van der Waals surface area (Å²) in [5.74, 6) is 0.614. The van der Waals surface area contributed by atoms with E-state index in [1.54, 1.807) is 12.5 Å². The zero-order valence-corrected chi connectivity index (χ0v) is 7.22. The van der Waals surface area contributed by atoms with E-state index in [0.29, 0.717) is 5.88 Å². The van der Waals surface area contributed by atoms with Gasteiger partial charge in [0.2, 0.25) is 12.2 Å². The van der Waals surface area contributed by atoms with Crippen molar-refractivity contribution in [2.45, 2.75) is 19.1 Å². The van der Waals surface area contributed by atoms with Crippen molar-refractivity contribution in [1.82, 2.24) is 4.98 Å². The van der Waals surface area contributed by atoms with Gasteiger partial charge in [-0.25, -0.2) is 4.98 Å². The van der Waals surface area contributed by atoms with Gasteiger partial charge in [-0.05, 0) is 18.6 Å². The molecule has 13 heavy (non-hydrogen) atoms. The van der Waals surface area contributed by atoms with Crippen molar-refractivity contribution in [2.75, 3.05) is 0 Å². The first kappa shape index (κ1) is 8.10. The summed E-state index contributed by atoms with van der Waals surface area (Å²) >= 11 is 0. The predicted octanol–water partition coefficient (Wildman–Crippen LogP) is 2.11. The lowest BCUT2D eigenvalue weighted by molar-refractivity contribution is -0.0442. The van der Waals surface area contributed by atoms with Crippen LogP contribution < -0.4 is 4.74 Å². The highest BCUT2D eigenvalue weighted by molar-refractivity contribution is 5.09. The first-order valence-corrected chi connectivity index (χ1v) is 4.33. The Kier molecular flexibility index (Phi) is 2.45. The molecule has 1 aromatic heterocycles. The Hall–Kier alpha value is -1.51. The number of hydrogen-bond acceptors (Lipinski definition) is 3. The molecule has 0 spiro atoms. The highest BCUT2D eigenvalue weighted by atomic mass is 16.7. The fraction of sp³-hybridized carbons (Fsp3) is 0.300. The van der Waals surface area contributed by atoms with Gasteiger partial charge in [0.05, 0.1) is 6.26 Å². The fourth-order valence-corrected chi connectivity index (χ4v) is 1.15. The minimum Gasteiger partial charge on any atom is -0.463 e. The van der Waals surface area contributed by atoms with Gasteiger partial charge in [-0.2, -0.15) is 0 Å². The smallest absolute Gasteiger partial charge is 0.242 e. The van der Waals surface area contributed by atoms with Crippen molar-refractivity contribution in [1.29, 1.82) is 0 Å². The average molecular weight is 177 g/mol. The summed E-state index contributed by atoms with van der Waals surface area (Å²) in [6, 6.07) is 5.57. The minimum absolute atomic E-state index is 0.181. The molecule has 68 valence electrons. The van der Waals surface area contributed by atoms with Gasteiger partial charge in [-0.1, -0.05) is 6.07 Å². The summed E-state index contributed by atoms with van der Waals surface area (Å²) in [7, 11) is 0. The van der Waals surface area contributed by atoms with Crippen LogP contribution in [0, 0.1) is 0 Å². The quantitative estimate of drug-likeness (QED) is 0.693. The van der Waals surface area contributed by atoms with Crippen LogP contribution in [0.1, 0.15) is 12.8 Å². The highest BCUT2D eigenvalue weighted by Gasteiger charge is 2.12. The Morgan fingerprint density at radius 3 is 3.15 bits per heavy atom. The number of rotatable bonds is 2. The molecule has 0 radical (unpaired) electrons. The Morgan fingerprint density at radius 1 is 1.46 bits per heavy atom. The number of nitrogens with zero attached hydrogens (tertiary/aromatic N) is 1. The van der Waals surface area contributed by atoms with Crippen molar-refractivity contribution in [2.24, 2.45) is 0 Å². The van der Waals surface area contributed by atoms with Gasteiger partial charge in [-0.3, -0.25) is 0 Å². The van der Waals surface area contributed by atoms with Crippen LogP contribution in [-0.2, 0) is 4.74 Å². The molecule has 1 unspecified atom stereocenters. The summed E-state index contributed by atoms with van der Waals surface area (Å²) in [6.45, 7) is 0. The van der Waals surface area contributed by atoms with E-state index >= 15 is 0 Å². The van der Waals surface area contributed by atoms with Crippen molar-refractivity contribution >= 4 is 0 Å². The SMILES string of the molecule is C1=COC(Oc2ccccn2)CC1. The van der Waals surface area contributed by atoms with Crippen molar-refractivity contribution in [3.05, 3.63) is 36.7 Å². The van der Waals surface area contributed by atoms with Crippen LogP contribution in [0.25, 0.3) is 0 Å². The van der Waals surface area contributed by atoms with E-state index in [1.807, 2.05) is 24.3 Å². The van der Waals surface area contributed by atoms with E-state index in [-0.39, 0.29) is 6.29 Å². The number of ether oxygens (including phenoxy) is 2. The normalized spacial score (nSPS) is 20.8. The third-order valence-electron chi connectivity index (χ3n) is 1.79. The fourth-order valence-electron chi connectivity index (χ4n) is 1.15.